The van der Waals surface area contributed by atoms with Crippen molar-refractivity contribution in [3.8, 4) is 34.5 Å². The summed E-state index contributed by atoms with van der Waals surface area (Å²) in [6, 6.07) is 39.2. The molecule has 9 rings (SSSR count). The first-order valence-electron chi connectivity index (χ1n) is 15.0. The molecule has 3 aliphatic heterocycles. The van der Waals surface area contributed by atoms with Gasteiger partial charge in [-0.25, -0.2) is 0 Å². The monoisotopic (exact) mass is 584 g/mol. The van der Waals surface area contributed by atoms with Gasteiger partial charge in [-0.1, -0.05) is 91.7 Å². The fourth-order valence-electron chi connectivity index (χ4n) is 7.50. The number of hydrogen-bond acceptors (Lipinski definition) is 5. The zero-order chi connectivity index (χ0) is 28.4. The van der Waals surface area contributed by atoms with Crippen molar-refractivity contribution < 1.29 is 23.0 Å². The van der Waals surface area contributed by atoms with Crippen LogP contribution in [0.5, 0.6) is 34.5 Å². The van der Waals surface area contributed by atoms with Gasteiger partial charge in [0.15, 0.2) is 0 Å². The lowest BCUT2D eigenvalue weighted by Gasteiger charge is -2.46. The molecule has 0 N–H and O–H groups in total. The van der Waals surface area contributed by atoms with Crippen LogP contribution in [-0.2, 0) is 9.94 Å². The van der Waals surface area contributed by atoms with Crippen molar-refractivity contribution >= 4 is 8.60 Å². The van der Waals surface area contributed by atoms with Crippen molar-refractivity contribution in [2.45, 2.75) is 43.1 Å². The van der Waals surface area contributed by atoms with Gasteiger partial charge < -0.3 is 18.5 Å². The van der Waals surface area contributed by atoms with E-state index in [9.17, 15) is 0 Å². The zero-order valence-corrected chi connectivity index (χ0v) is 24.3. The third kappa shape index (κ3) is 3.78. The Hall–Kier alpha value is -4.31. The molecule has 0 amide bonds. The Bertz CT molecular complexity index is 1750. The Morgan fingerprint density at radius 1 is 0.535 bits per heavy atom. The molecule has 6 heteroatoms. The van der Waals surface area contributed by atoms with Crippen LogP contribution >= 0.6 is 8.60 Å². The molecule has 5 aromatic rings. The van der Waals surface area contributed by atoms with Crippen LogP contribution in [0.25, 0.3) is 0 Å². The molecule has 1 aliphatic carbocycles. The first-order valence-corrected chi connectivity index (χ1v) is 16.1. The Kier molecular flexibility index (Phi) is 5.79. The molecule has 5 aromatic carbocycles. The Balaban J connectivity index is 1.25. The van der Waals surface area contributed by atoms with E-state index in [0.717, 1.165) is 64.5 Å². The lowest BCUT2D eigenvalue weighted by molar-refractivity contribution is 0.116. The molecule has 3 heterocycles. The van der Waals surface area contributed by atoms with Crippen LogP contribution < -0.4 is 18.5 Å². The maximum absolute atomic E-state index is 6.88. The van der Waals surface area contributed by atoms with Crippen molar-refractivity contribution in [2.75, 3.05) is 0 Å². The van der Waals surface area contributed by atoms with Crippen LogP contribution in [-0.4, -0.2) is 6.10 Å². The van der Waals surface area contributed by atoms with Crippen molar-refractivity contribution in [1.82, 2.24) is 0 Å². The molecule has 1 saturated carbocycles. The summed E-state index contributed by atoms with van der Waals surface area (Å²) in [5, 5.41) is 0. The van der Waals surface area contributed by atoms with Gasteiger partial charge in [0, 0.05) is 17.0 Å². The van der Waals surface area contributed by atoms with Crippen LogP contribution in [0.3, 0.4) is 0 Å². The van der Waals surface area contributed by atoms with E-state index < -0.39 is 14.0 Å². The van der Waals surface area contributed by atoms with Gasteiger partial charge in [0.1, 0.15) is 34.5 Å². The molecule has 4 aliphatic rings. The number of rotatable bonds is 3. The average molecular weight is 585 g/mol. The van der Waals surface area contributed by atoms with Gasteiger partial charge >= 0.3 is 8.60 Å². The highest BCUT2D eigenvalue weighted by atomic mass is 31.2. The Morgan fingerprint density at radius 3 is 1.67 bits per heavy atom. The van der Waals surface area contributed by atoms with Crippen LogP contribution in [0.2, 0.25) is 0 Å². The highest BCUT2D eigenvalue weighted by Gasteiger charge is 2.55. The fraction of sp³-hybridized carbons (Fsp3) is 0.189. The molecule has 0 saturated heterocycles. The highest BCUT2D eigenvalue weighted by Crippen LogP contribution is 2.67. The average Bonchev–Trinajstić information content (AvgIpc) is 3.05. The lowest BCUT2D eigenvalue weighted by Crippen LogP contribution is -2.38. The molecular weight excluding hydrogens is 555 g/mol. The van der Waals surface area contributed by atoms with Crippen LogP contribution in [0.15, 0.2) is 115 Å². The molecular formula is C37H29O5P. The topological polar surface area (TPSA) is 46.2 Å². The van der Waals surface area contributed by atoms with Crippen molar-refractivity contribution in [3.05, 3.63) is 143 Å². The van der Waals surface area contributed by atoms with Crippen LogP contribution in [0.1, 0.15) is 59.4 Å². The molecule has 0 aromatic heterocycles. The predicted molar refractivity (Wildman–Crippen MR) is 166 cm³/mol. The summed E-state index contributed by atoms with van der Waals surface area (Å²) in [4.78, 5) is 0. The van der Waals surface area contributed by atoms with E-state index in [-0.39, 0.29) is 12.0 Å². The second kappa shape index (κ2) is 9.87. The number of hydrogen-bond donors (Lipinski definition) is 0. The predicted octanol–water partition coefficient (Wildman–Crippen LogP) is 10.0. The summed E-state index contributed by atoms with van der Waals surface area (Å²) in [5.74, 6) is 4.79. The number of benzene rings is 5. The first kappa shape index (κ1) is 25.2. The first-order chi connectivity index (χ1) is 21.3. The summed E-state index contributed by atoms with van der Waals surface area (Å²) in [6.45, 7) is 0. The standard InChI is InChI=1S/C37H29O5P/c1-2-12-24(13-3-1)25-14-4-7-17-28(25)40-43-41-33-22-10-20-31-35(33)37(26-15-5-8-18-29(26)38-31)27-16-6-9-19-30(27)39-32-21-11-23-34(42-43)36(32)37/h1-3,5-6,8-13,15-16,18-23,25,28H,4,7,14,17H2/t25-,28-,37?/m1/s1. The number of fused-ring (bicyclic) bond motifs is 2. The van der Waals surface area contributed by atoms with Crippen LogP contribution in [0.4, 0.5) is 0 Å². The molecule has 1 fully saturated rings. The summed E-state index contributed by atoms with van der Waals surface area (Å²) < 4.78 is 33.8. The fourth-order valence-corrected chi connectivity index (χ4v) is 8.72. The molecule has 2 atom stereocenters. The van der Waals surface area contributed by atoms with Gasteiger partial charge in [0.25, 0.3) is 0 Å². The smallest absolute Gasteiger partial charge is 0.457 e. The second-order valence-corrected chi connectivity index (χ2v) is 12.6. The third-order valence-corrected chi connectivity index (χ3v) is 10.4. The largest absolute Gasteiger partial charge is 0.463 e. The summed E-state index contributed by atoms with van der Waals surface area (Å²) in [6.07, 6.45) is 4.34. The molecule has 0 radical (unpaired) electrons. The molecule has 1 spiro atoms. The van der Waals surface area contributed by atoms with Gasteiger partial charge in [0.05, 0.1) is 22.6 Å². The Labute approximate surface area is 252 Å². The molecule has 0 unspecified atom stereocenters. The highest BCUT2D eigenvalue weighted by molar-refractivity contribution is 7.42. The summed E-state index contributed by atoms with van der Waals surface area (Å²) in [5.41, 5.74) is 4.46. The quantitative estimate of drug-likeness (QED) is 0.193. The van der Waals surface area contributed by atoms with E-state index >= 15 is 0 Å². The third-order valence-electron chi connectivity index (χ3n) is 9.25. The minimum atomic E-state index is -1.80. The maximum Gasteiger partial charge on any atom is 0.463 e. The van der Waals surface area contributed by atoms with Crippen molar-refractivity contribution in [2.24, 2.45) is 0 Å². The van der Waals surface area contributed by atoms with E-state index in [4.69, 9.17) is 23.0 Å². The van der Waals surface area contributed by atoms with Crippen molar-refractivity contribution in [1.29, 1.82) is 0 Å². The van der Waals surface area contributed by atoms with Gasteiger partial charge in [0.2, 0.25) is 0 Å². The van der Waals surface area contributed by atoms with E-state index in [1.807, 2.05) is 60.7 Å². The molecule has 212 valence electrons. The van der Waals surface area contributed by atoms with E-state index in [0.29, 0.717) is 11.5 Å². The molecule has 0 bridgehead atoms. The Morgan fingerprint density at radius 2 is 1.05 bits per heavy atom. The second-order valence-electron chi connectivity index (χ2n) is 11.6. The molecule has 5 nitrogen and oxygen atoms in total. The maximum atomic E-state index is 6.88. The van der Waals surface area contributed by atoms with E-state index in [1.165, 1.54) is 12.0 Å². The van der Waals surface area contributed by atoms with Gasteiger partial charge in [-0.05, 0) is 54.8 Å². The SMILES string of the molecule is c1ccc([C@H]2CCCC[C@H]2OP2Oc3cccc4c3C3(c5ccccc5O4)c4ccccc4Oc4cccc(c43)O2)cc1. The van der Waals surface area contributed by atoms with E-state index in [2.05, 4.69) is 54.6 Å². The van der Waals surface area contributed by atoms with Crippen molar-refractivity contribution in [3.63, 3.8) is 0 Å². The van der Waals surface area contributed by atoms with Crippen LogP contribution in [0, 0.1) is 0 Å². The van der Waals surface area contributed by atoms with Gasteiger partial charge in [-0.3, -0.25) is 4.52 Å². The number of ether oxygens (including phenoxy) is 2. The minimum absolute atomic E-state index is 0.0144. The molecule has 43 heavy (non-hydrogen) atoms. The summed E-state index contributed by atoms with van der Waals surface area (Å²) in [7, 11) is -1.80. The normalized spacial score (nSPS) is 20.7. The zero-order valence-electron chi connectivity index (χ0n) is 23.4. The summed E-state index contributed by atoms with van der Waals surface area (Å²) >= 11 is 0. The van der Waals surface area contributed by atoms with E-state index in [1.54, 1.807) is 0 Å². The lowest BCUT2D eigenvalue weighted by atomic mass is 9.62. The minimum Gasteiger partial charge on any atom is -0.457 e. The van der Waals surface area contributed by atoms with Gasteiger partial charge in [-0.2, -0.15) is 0 Å². The van der Waals surface area contributed by atoms with Gasteiger partial charge in [-0.15, -0.1) is 0 Å². The number of para-hydroxylation sites is 2.